The standard InChI is InChI=1S/C17H24N2O8S3/c1-12(20)18-16-9-15(3-4-17(16)27-2)30(25,26)19(13-5-7-28(21,22)10-13)14-6-8-29(23,24)11-14/h3-4,9,13-14H,5-8,10-11H2,1-2H3,(H,18,20)/t13-,14-/m0/s1. The van der Waals surface area contributed by atoms with Crippen molar-refractivity contribution >= 4 is 41.3 Å². The van der Waals surface area contributed by atoms with Crippen LogP contribution in [-0.2, 0) is 34.5 Å². The second-order valence-corrected chi connectivity index (χ2v) is 13.8. The van der Waals surface area contributed by atoms with Crippen molar-refractivity contribution in [2.75, 3.05) is 35.4 Å². The van der Waals surface area contributed by atoms with Gasteiger partial charge in [-0.3, -0.25) is 4.79 Å². The molecule has 0 bridgehead atoms. The Balaban J connectivity index is 2.07. The van der Waals surface area contributed by atoms with Crippen molar-refractivity contribution in [1.29, 1.82) is 0 Å². The summed E-state index contributed by atoms with van der Waals surface area (Å²) in [5, 5.41) is 2.50. The van der Waals surface area contributed by atoms with Gasteiger partial charge in [-0.15, -0.1) is 0 Å². The number of nitrogens with one attached hydrogen (secondary N) is 1. The van der Waals surface area contributed by atoms with Gasteiger partial charge in [0.1, 0.15) is 5.75 Å². The lowest BCUT2D eigenvalue weighted by atomic mass is 10.2. The van der Waals surface area contributed by atoms with Crippen molar-refractivity contribution in [1.82, 2.24) is 4.31 Å². The third kappa shape index (κ3) is 4.79. The minimum atomic E-state index is -4.25. The van der Waals surface area contributed by atoms with E-state index in [2.05, 4.69) is 5.32 Å². The highest BCUT2D eigenvalue weighted by atomic mass is 32.2. The molecule has 2 saturated heterocycles. The number of carbonyl (C=O) groups is 1. The van der Waals surface area contributed by atoms with E-state index < -0.39 is 47.7 Å². The quantitative estimate of drug-likeness (QED) is 0.600. The van der Waals surface area contributed by atoms with Gasteiger partial charge in [0.2, 0.25) is 15.9 Å². The minimum absolute atomic E-state index is 0.104. The van der Waals surface area contributed by atoms with Gasteiger partial charge in [-0.25, -0.2) is 25.3 Å². The topological polar surface area (TPSA) is 144 Å². The number of sulfone groups is 2. The summed E-state index contributed by atoms with van der Waals surface area (Å²) < 4.78 is 81.3. The number of nitrogens with zero attached hydrogens (tertiary/aromatic N) is 1. The molecular formula is C17H24N2O8S3. The number of benzene rings is 1. The molecule has 2 heterocycles. The lowest BCUT2D eigenvalue weighted by Gasteiger charge is -2.32. The van der Waals surface area contributed by atoms with Crippen molar-refractivity contribution in [2.24, 2.45) is 0 Å². The molecule has 3 rings (SSSR count). The van der Waals surface area contributed by atoms with Gasteiger partial charge in [0.05, 0.1) is 40.7 Å². The summed E-state index contributed by atoms with van der Waals surface area (Å²) in [6, 6.07) is 2.22. The molecule has 2 fully saturated rings. The number of hydrogen-bond donors (Lipinski definition) is 1. The van der Waals surface area contributed by atoms with Crippen LogP contribution >= 0.6 is 0 Å². The van der Waals surface area contributed by atoms with Crippen LogP contribution in [0.4, 0.5) is 5.69 Å². The fourth-order valence-corrected chi connectivity index (χ4v) is 9.41. The first-order chi connectivity index (χ1) is 13.8. The summed E-state index contributed by atoms with van der Waals surface area (Å²) >= 11 is 0. The monoisotopic (exact) mass is 480 g/mol. The molecule has 0 spiro atoms. The Bertz CT molecular complexity index is 1120. The van der Waals surface area contributed by atoms with E-state index in [1.807, 2.05) is 0 Å². The van der Waals surface area contributed by atoms with Gasteiger partial charge >= 0.3 is 0 Å². The molecule has 168 valence electrons. The van der Waals surface area contributed by atoms with Crippen LogP contribution in [0.1, 0.15) is 19.8 Å². The summed E-state index contributed by atoms with van der Waals surface area (Å²) in [7, 11) is -9.70. The number of methoxy groups -OCH3 is 1. The van der Waals surface area contributed by atoms with Gasteiger partial charge < -0.3 is 10.1 Å². The molecule has 0 unspecified atom stereocenters. The predicted molar refractivity (Wildman–Crippen MR) is 110 cm³/mol. The highest BCUT2D eigenvalue weighted by molar-refractivity contribution is 7.92. The lowest BCUT2D eigenvalue weighted by molar-refractivity contribution is -0.114. The molecule has 30 heavy (non-hydrogen) atoms. The van der Waals surface area contributed by atoms with E-state index in [4.69, 9.17) is 4.74 Å². The molecule has 2 aliphatic heterocycles. The summed E-state index contributed by atoms with van der Waals surface area (Å²) in [6.07, 6.45) is 0.208. The summed E-state index contributed by atoms with van der Waals surface area (Å²) in [6.45, 7) is 1.26. The van der Waals surface area contributed by atoms with Crippen LogP contribution in [0.3, 0.4) is 0 Å². The number of amides is 1. The molecule has 13 heteroatoms. The molecule has 2 aliphatic rings. The molecule has 1 aromatic carbocycles. The zero-order valence-electron chi connectivity index (χ0n) is 16.6. The highest BCUT2D eigenvalue weighted by Gasteiger charge is 2.46. The Kier molecular flexibility index (Phi) is 6.20. The zero-order chi connectivity index (χ0) is 22.3. The van der Waals surface area contributed by atoms with E-state index in [0.717, 1.165) is 4.31 Å². The maximum Gasteiger partial charge on any atom is 0.243 e. The van der Waals surface area contributed by atoms with Crippen LogP contribution in [0, 0.1) is 0 Å². The predicted octanol–water partition coefficient (Wildman–Crippen LogP) is 0.0185. The number of rotatable bonds is 6. The van der Waals surface area contributed by atoms with Gasteiger partial charge in [-0.2, -0.15) is 4.31 Å². The van der Waals surface area contributed by atoms with Gasteiger partial charge in [0.25, 0.3) is 0 Å². The summed E-state index contributed by atoms with van der Waals surface area (Å²) in [4.78, 5) is 11.3. The number of hydrogen-bond acceptors (Lipinski definition) is 8. The number of carbonyl (C=O) groups excluding carboxylic acids is 1. The average Bonchev–Trinajstić information content (AvgIpc) is 3.15. The smallest absolute Gasteiger partial charge is 0.243 e. The van der Waals surface area contributed by atoms with Crippen molar-refractivity contribution in [3.8, 4) is 5.75 Å². The van der Waals surface area contributed by atoms with E-state index in [9.17, 15) is 30.0 Å². The molecule has 2 atom stereocenters. The number of ether oxygens (including phenoxy) is 1. The molecule has 0 aliphatic carbocycles. The number of sulfonamides is 1. The van der Waals surface area contributed by atoms with Crippen LogP contribution in [-0.4, -0.2) is 77.7 Å². The third-order valence-corrected chi connectivity index (χ3v) is 10.7. The highest BCUT2D eigenvalue weighted by Crippen LogP contribution is 2.34. The van der Waals surface area contributed by atoms with Crippen LogP contribution in [0.25, 0.3) is 0 Å². The molecule has 0 aromatic heterocycles. The van der Waals surface area contributed by atoms with Gasteiger partial charge in [-0.05, 0) is 31.0 Å². The lowest BCUT2D eigenvalue weighted by Crippen LogP contribution is -2.48. The van der Waals surface area contributed by atoms with Crippen molar-refractivity contribution in [2.45, 2.75) is 36.7 Å². The van der Waals surface area contributed by atoms with Gasteiger partial charge in [0, 0.05) is 19.0 Å². The zero-order valence-corrected chi connectivity index (χ0v) is 19.0. The van der Waals surface area contributed by atoms with Crippen LogP contribution in [0.2, 0.25) is 0 Å². The van der Waals surface area contributed by atoms with E-state index in [1.165, 1.54) is 32.2 Å². The van der Waals surface area contributed by atoms with E-state index >= 15 is 0 Å². The van der Waals surface area contributed by atoms with Gasteiger partial charge in [0.15, 0.2) is 19.7 Å². The molecule has 0 radical (unpaired) electrons. The second-order valence-electron chi connectivity index (χ2n) is 7.49. The first-order valence-corrected chi connectivity index (χ1v) is 14.3. The molecule has 1 amide bonds. The van der Waals surface area contributed by atoms with Crippen molar-refractivity contribution in [3.05, 3.63) is 18.2 Å². The first-order valence-electron chi connectivity index (χ1n) is 9.25. The summed E-state index contributed by atoms with van der Waals surface area (Å²) in [5.74, 6) is -1.17. The molecular weight excluding hydrogens is 456 g/mol. The van der Waals surface area contributed by atoms with Crippen LogP contribution in [0.5, 0.6) is 5.75 Å². The molecule has 10 nitrogen and oxygen atoms in total. The average molecular weight is 481 g/mol. The summed E-state index contributed by atoms with van der Waals surface area (Å²) in [5.41, 5.74) is 0.143. The minimum Gasteiger partial charge on any atom is -0.495 e. The SMILES string of the molecule is COc1ccc(S(=O)(=O)N([C@H]2CCS(=O)(=O)C2)[C@H]2CCS(=O)(=O)C2)cc1NC(C)=O. The largest absolute Gasteiger partial charge is 0.495 e. The fourth-order valence-electron chi connectivity index (χ4n) is 3.90. The molecule has 1 aromatic rings. The molecule has 0 saturated carbocycles. The Morgan fingerprint density at radius 2 is 1.60 bits per heavy atom. The second kappa shape index (κ2) is 8.09. The van der Waals surface area contributed by atoms with Gasteiger partial charge in [-0.1, -0.05) is 0 Å². The molecule has 1 N–H and O–H groups in total. The van der Waals surface area contributed by atoms with E-state index in [-0.39, 0.29) is 52.2 Å². The Morgan fingerprint density at radius 3 is 2.00 bits per heavy atom. The Labute approximate surface area is 176 Å². The van der Waals surface area contributed by atoms with E-state index in [1.54, 1.807) is 0 Å². The fraction of sp³-hybridized carbons (Fsp3) is 0.588. The number of anilines is 1. The van der Waals surface area contributed by atoms with Crippen LogP contribution in [0.15, 0.2) is 23.1 Å². The van der Waals surface area contributed by atoms with Crippen LogP contribution < -0.4 is 10.1 Å². The maximum absolute atomic E-state index is 13.5. The Morgan fingerprint density at radius 1 is 1.07 bits per heavy atom. The first kappa shape index (κ1) is 23.0. The Hall–Kier alpha value is -1.70. The maximum atomic E-state index is 13.5. The van der Waals surface area contributed by atoms with E-state index in [0.29, 0.717) is 0 Å². The van der Waals surface area contributed by atoms with Crippen molar-refractivity contribution < 1.29 is 34.8 Å². The third-order valence-electron chi connectivity index (χ3n) is 5.19. The van der Waals surface area contributed by atoms with Crippen molar-refractivity contribution in [3.63, 3.8) is 0 Å². The normalized spacial score (nSPS) is 25.3.